The molecule has 0 unspecified atom stereocenters. The lowest BCUT2D eigenvalue weighted by molar-refractivity contribution is -0.138. The molecule has 0 aromatic carbocycles. The van der Waals surface area contributed by atoms with Crippen LogP contribution < -0.4 is 5.73 Å². The molecule has 5 heteroatoms. The van der Waals surface area contributed by atoms with Crippen LogP contribution in [0, 0.1) is 0 Å². The third-order valence-electron chi connectivity index (χ3n) is 2.40. The van der Waals surface area contributed by atoms with Gasteiger partial charge in [0, 0.05) is 12.7 Å². The monoisotopic (exact) mass is 237 g/mol. The maximum absolute atomic E-state index is 10.7. The van der Waals surface area contributed by atoms with Crippen LogP contribution in [0.1, 0.15) is 18.5 Å². The smallest absolute Gasteiger partial charge is 0.317 e. The van der Waals surface area contributed by atoms with E-state index >= 15 is 0 Å². The molecule has 1 aromatic rings. The average Bonchev–Trinajstić information content (AvgIpc) is 2.30. The minimum atomic E-state index is -0.811. The number of carbonyl (C=O) groups is 1. The van der Waals surface area contributed by atoms with Crippen molar-refractivity contribution < 1.29 is 9.90 Å². The number of nitrogens with zero attached hydrogens (tertiary/aromatic N) is 2. The van der Waals surface area contributed by atoms with Crippen LogP contribution in [0.3, 0.4) is 0 Å². The Balaban J connectivity index is 2.48. The summed E-state index contributed by atoms with van der Waals surface area (Å²) < 4.78 is 0. The van der Waals surface area contributed by atoms with Crippen LogP contribution in [0.2, 0.25) is 0 Å². The summed E-state index contributed by atoms with van der Waals surface area (Å²) in [5.41, 5.74) is 6.31. The number of rotatable bonds is 8. The molecular formula is C12H19N3O2. The zero-order valence-corrected chi connectivity index (χ0v) is 9.88. The van der Waals surface area contributed by atoms with Crippen molar-refractivity contribution in [3.05, 3.63) is 30.1 Å². The topological polar surface area (TPSA) is 79.5 Å². The highest BCUT2D eigenvalue weighted by molar-refractivity contribution is 5.69. The Morgan fingerprint density at radius 1 is 1.41 bits per heavy atom. The lowest BCUT2D eigenvalue weighted by atomic mass is 10.2. The SMILES string of the molecule is NCCCCN(CC(=O)O)Cc1ccccn1. The first-order chi connectivity index (χ1) is 8.22. The molecule has 0 saturated heterocycles. The van der Waals surface area contributed by atoms with Crippen LogP contribution in [-0.2, 0) is 11.3 Å². The quantitative estimate of drug-likeness (QED) is 0.651. The largest absolute Gasteiger partial charge is 0.480 e. The number of pyridine rings is 1. The van der Waals surface area contributed by atoms with Crippen LogP contribution >= 0.6 is 0 Å². The molecule has 0 fully saturated rings. The summed E-state index contributed by atoms with van der Waals surface area (Å²) in [6.45, 7) is 1.99. The molecular weight excluding hydrogens is 218 g/mol. The van der Waals surface area contributed by atoms with Gasteiger partial charge in [-0.3, -0.25) is 14.7 Å². The second-order valence-electron chi connectivity index (χ2n) is 3.92. The Hall–Kier alpha value is -1.46. The van der Waals surface area contributed by atoms with E-state index in [1.807, 2.05) is 23.1 Å². The van der Waals surface area contributed by atoms with E-state index in [0.29, 0.717) is 13.1 Å². The Morgan fingerprint density at radius 3 is 2.82 bits per heavy atom. The van der Waals surface area contributed by atoms with Crippen molar-refractivity contribution in [2.75, 3.05) is 19.6 Å². The maximum atomic E-state index is 10.7. The van der Waals surface area contributed by atoms with Gasteiger partial charge < -0.3 is 10.8 Å². The third-order valence-corrected chi connectivity index (χ3v) is 2.40. The van der Waals surface area contributed by atoms with Crippen molar-refractivity contribution in [1.82, 2.24) is 9.88 Å². The molecule has 1 rings (SSSR count). The lowest BCUT2D eigenvalue weighted by Gasteiger charge is -2.19. The highest BCUT2D eigenvalue weighted by Gasteiger charge is 2.10. The van der Waals surface area contributed by atoms with Gasteiger partial charge in [0.05, 0.1) is 12.2 Å². The summed E-state index contributed by atoms with van der Waals surface area (Å²) in [5.74, 6) is -0.811. The molecule has 0 aliphatic rings. The van der Waals surface area contributed by atoms with E-state index in [4.69, 9.17) is 10.8 Å². The van der Waals surface area contributed by atoms with Crippen molar-refractivity contribution in [3.63, 3.8) is 0 Å². The number of aliphatic carboxylic acids is 1. The first kappa shape index (κ1) is 13.6. The molecule has 1 aromatic heterocycles. The Morgan fingerprint density at radius 2 is 2.24 bits per heavy atom. The molecule has 3 N–H and O–H groups in total. The molecule has 0 bridgehead atoms. The molecule has 94 valence electrons. The van der Waals surface area contributed by atoms with Gasteiger partial charge in [-0.05, 0) is 38.1 Å². The Kier molecular flexibility index (Phi) is 6.21. The first-order valence-electron chi connectivity index (χ1n) is 5.76. The van der Waals surface area contributed by atoms with E-state index in [2.05, 4.69) is 4.98 Å². The predicted octanol–water partition coefficient (Wildman–Crippen LogP) is 0.707. The fourth-order valence-electron chi connectivity index (χ4n) is 1.61. The molecule has 0 radical (unpaired) electrons. The molecule has 0 aliphatic carbocycles. The molecule has 5 nitrogen and oxygen atoms in total. The zero-order chi connectivity index (χ0) is 12.5. The highest BCUT2D eigenvalue weighted by atomic mass is 16.4. The minimum Gasteiger partial charge on any atom is -0.480 e. The van der Waals surface area contributed by atoms with Gasteiger partial charge in [0.2, 0.25) is 0 Å². The van der Waals surface area contributed by atoms with Crippen molar-refractivity contribution >= 4 is 5.97 Å². The van der Waals surface area contributed by atoms with E-state index in [0.717, 1.165) is 25.1 Å². The van der Waals surface area contributed by atoms with Crippen LogP contribution in [-0.4, -0.2) is 40.6 Å². The van der Waals surface area contributed by atoms with Crippen molar-refractivity contribution in [2.24, 2.45) is 5.73 Å². The first-order valence-corrected chi connectivity index (χ1v) is 5.76. The average molecular weight is 237 g/mol. The molecule has 0 atom stereocenters. The number of nitrogens with two attached hydrogens (primary N) is 1. The van der Waals surface area contributed by atoms with E-state index in [-0.39, 0.29) is 6.54 Å². The fourth-order valence-corrected chi connectivity index (χ4v) is 1.61. The number of aromatic nitrogens is 1. The van der Waals surface area contributed by atoms with Gasteiger partial charge in [-0.25, -0.2) is 0 Å². The molecule has 1 heterocycles. The van der Waals surface area contributed by atoms with E-state index in [1.165, 1.54) is 0 Å². The third kappa shape index (κ3) is 5.99. The molecule has 0 saturated carbocycles. The van der Waals surface area contributed by atoms with Gasteiger partial charge in [-0.2, -0.15) is 0 Å². The second-order valence-corrected chi connectivity index (χ2v) is 3.92. The molecule has 0 spiro atoms. The van der Waals surface area contributed by atoms with Crippen LogP contribution in [0.5, 0.6) is 0 Å². The highest BCUT2D eigenvalue weighted by Crippen LogP contribution is 2.02. The second kappa shape index (κ2) is 7.76. The predicted molar refractivity (Wildman–Crippen MR) is 65.4 cm³/mol. The number of unbranched alkanes of at least 4 members (excludes halogenated alkanes) is 1. The Bertz CT molecular complexity index is 330. The summed E-state index contributed by atoms with van der Waals surface area (Å²) in [6.07, 6.45) is 3.54. The van der Waals surface area contributed by atoms with Crippen LogP contribution in [0.4, 0.5) is 0 Å². The Labute approximate surface area is 101 Å². The number of hydrogen-bond acceptors (Lipinski definition) is 4. The number of carboxylic acid groups (broad SMARTS) is 1. The van der Waals surface area contributed by atoms with Gasteiger partial charge in [0.1, 0.15) is 0 Å². The summed E-state index contributed by atoms with van der Waals surface area (Å²) in [7, 11) is 0. The van der Waals surface area contributed by atoms with Gasteiger partial charge in [-0.1, -0.05) is 6.07 Å². The van der Waals surface area contributed by atoms with Gasteiger partial charge >= 0.3 is 5.97 Å². The normalized spacial score (nSPS) is 10.7. The summed E-state index contributed by atoms with van der Waals surface area (Å²) in [6, 6.07) is 5.65. The van der Waals surface area contributed by atoms with Gasteiger partial charge in [0.25, 0.3) is 0 Å². The number of hydrogen-bond donors (Lipinski definition) is 2. The van der Waals surface area contributed by atoms with Crippen LogP contribution in [0.15, 0.2) is 24.4 Å². The molecule has 0 aliphatic heterocycles. The summed E-state index contributed by atoms with van der Waals surface area (Å²) >= 11 is 0. The van der Waals surface area contributed by atoms with E-state index in [9.17, 15) is 4.79 Å². The van der Waals surface area contributed by atoms with Crippen molar-refractivity contribution in [2.45, 2.75) is 19.4 Å². The maximum Gasteiger partial charge on any atom is 0.317 e. The van der Waals surface area contributed by atoms with Crippen LogP contribution in [0.25, 0.3) is 0 Å². The molecule has 17 heavy (non-hydrogen) atoms. The lowest BCUT2D eigenvalue weighted by Crippen LogP contribution is -2.30. The van der Waals surface area contributed by atoms with E-state index in [1.54, 1.807) is 6.20 Å². The van der Waals surface area contributed by atoms with Gasteiger partial charge in [0.15, 0.2) is 0 Å². The number of carboxylic acids is 1. The standard InChI is InChI=1S/C12H19N3O2/c13-6-2-4-8-15(10-12(16)17)9-11-5-1-3-7-14-11/h1,3,5,7H,2,4,6,8-10,13H2,(H,16,17). The summed E-state index contributed by atoms with van der Waals surface area (Å²) in [5, 5.41) is 8.83. The fraction of sp³-hybridized carbons (Fsp3) is 0.500. The summed E-state index contributed by atoms with van der Waals surface area (Å²) in [4.78, 5) is 16.8. The minimum absolute atomic E-state index is 0.0428. The van der Waals surface area contributed by atoms with E-state index < -0.39 is 5.97 Å². The molecule has 0 amide bonds. The van der Waals surface area contributed by atoms with Crippen molar-refractivity contribution in [1.29, 1.82) is 0 Å². The zero-order valence-electron chi connectivity index (χ0n) is 9.88. The van der Waals surface area contributed by atoms with Crippen molar-refractivity contribution in [3.8, 4) is 0 Å². The van der Waals surface area contributed by atoms with Gasteiger partial charge in [-0.15, -0.1) is 0 Å².